The van der Waals surface area contributed by atoms with Gasteiger partial charge in [0.05, 0.1) is 6.61 Å². The molecule has 1 rings (SSSR count). The Hall–Kier alpha value is -0.350. The summed E-state index contributed by atoms with van der Waals surface area (Å²) in [7, 11) is 0. The van der Waals surface area contributed by atoms with Crippen molar-refractivity contribution < 1.29 is 14.2 Å². The summed E-state index contributed by atoms with van der Waals surface area (Å²) in [6, 6.07) is 0. The second-order valence-electron chi connectivity index (χ2n) is 7.68. The molecule has 26 heavy (non-hydrogen) atoms. The molecule has 0 saturated carbocycles. The van der Waals surface area contributed by atoms with E-state index in [1.807, 2.05) is 0 Å². The third-order valence-electron chi connectivity index (χ3n) is 5.10. The highest BCUT2D eigenvalue weighted by molar-refractivity contribution is 7.79. The van der Waals surface area contributed by atoms with Gasteiger partial charge in [0.2, 0.25) is 0 Å². The van der Waals surface area contributed by atoms with Gasteiger partial charge in [0.1, 0.15) is 6.61 Å². The monoisotopic (exact) mass is 386 g/mol. The quantitative estimate of drug-likeness (QED) is 0.177. The van der Waals surface area contributed by atoms with Gasteiger partial charge >= 0.3 is 5.24 Å². The van der Waals surface area contributed by atoms with Crippen LogP contribution >= 0.6 is 12.2 Å². The Kier molecular flexibility index (Phi) is 16.4. The molecule has 0 radical (unpaired) electrons. The van der Waals surface area contributed by atoms with Crippen LogP contribution in [0.25, 0.3) is 0 Å². The van der Waals surface area contributed by atoms with Crippen molar-refractivity contribution in [1.29, 1.82) is 0 Å². The Labute approximate surface area is 167 Å². The van der Waals surface area contributed by atoms with Gasteiger partial charge in [-0.1, -0.05) is 103 Å². The number of ether oxygens (including phenoxy) is 3. The maximum absolute atomic E-state index is 5.62. The molecule has 0 bridgehead atoms. The summed E-state index contributed by atoms with van der Waals surface area (Å²) >= 11 is 4.82. The molecule has 0 amide bonds. The minimum absolute atomic E-state index is 0.00329. The molecule has 3 nitrogen and oxygen atoms in total. The van der Waals surface area contributed by atoms with Crippen LogP contribution in [-0.4, -0.2) is 31.2 Å². The van der Waals surface area contributed by atoms with Gasteiger partial charge < -0.3 is 14.2 Å². The molecule has 1 heterocycles. The summed E-state index contributed by atoms with van der Waals surface area (Å²) in [5, 5.41) is 0.265. The first-order valence-corrected chi connectivity index (χ1v) is 11.6. The van der Waals surface area contributed by atoms with Crippen LogP contribution in [0.1, 0.15) is 110 Å². The third-order valence-corrected chi connectivity index (χ3v) is 5.31. The van der Waals surface area contributed by atoms with Crippen molar-refractivity contribution >= 4 is 17.5 Å². The second-order valence-corrected chi connectivity index (χ2v) is 8.01. The highest BCUT2D eigenvalue weighted by atomic mass is 32.1. The van der Waals surface area contributed by atoms with Crippen molar-refractivity contribution in [2.75, 3.05) is 19.8 Å². The summed E-state index contributed by atoms with van der Waals surface area (Å²) in [4.78, 5) is 0. The van der Waals surface area contributed by atoms with E-state index in [0.717, 1.165) is 13.0 Å². The smallest absolute Gasteiger partial charge is 0.352 e. The van der Waals surface area contributed by atoms with Crippen molar-refractivity contribution in [3.8, 4) is 0 Å². The van der Waals surface area contributed by atoms with Crippen LogP contribution in [0.15, 0.2) is 0 Å². The number of thiocarbonyl (C=S) groups is 1. The van der Waals surface area contributed by atoms with E-state index in [2.05, 4.69) is 6.92 Å². The molecule has 1 aliphatic heterocycles. The molecular weight excluding hydrogens is 344 g/mol. The SMILES string of the molecule is CCCCCCCCCCCCCCCCCCOC[C@H]1COC(=S)O1. The molecular formula is C22H42O3S. The zero-order chi connectivity index (χ0) is 18.7. The lowest BCUT2D eigenvalue weighted by Gasteiger charge is -2.08. The maximum atomic E-state index is 5.62. The van der Waals surface area contributed by atoms with E-state index in [9.17, 15) is 0 Å². The van der Waals surface area contributed by atoms with E-state index in [1.54, 1.807) is 0 Å². The van der Waals surface area contributed by atoms with Crippen molar-refractivity contribution in [3.05, 3.63) is 0 Å². The summed E-state index contributed by atoms with van der Waals surface area (Å²) in [5.41, 5.74) is 0. The molecule has 1 aliphatic rings. The maximum Gasteiger partial charge on any atom is 0.352 e. The van der Waals surface area contributed by atoms with Gasteiger partial charge in [0.25, 0.3) is 0 Å². The van der Waals surface area contributed by atoms with E-state index < -0.39 is 0 Å². The Balaban J connectivity index is 1.65. The first-order chi connectivity index (χ1) is 12.8. The minimum atomic E-state index is 0.00329. The van der Waals surface area contributed by atoms with Crippen LogP contribution < -0.4 is 0 Å². The molecule has 1 atom stereocenters. The van der Waals surface area contributed by atoms with E-state index >= 15 is 0 Å². The number of hydrogen-bond donors (Lipinski definition) is 0. The van der Waals surface area contributed by atoms with Gasteiger partial charge in [-0.25, -0.2) is 0 Å². The van der Waals surface area contributed by atoms with Gasteiger partial charge in [-0.15, -0.1) is 0 Å². The lowest BCUT2D eigenvalue weighted by molar-refractivity contribution is 0.0558. The van der Waals surface area contributed by atoms with Crippen molar-refractivity contribution in [1.82, 2.24) is 0 Å². The molecule has 1 fully saturated rings. The predicted octanol–water partition coefficient (Wildman–Crippen LogP) is 6.96. The normalized spacial score (nSPS) is 16.7. The molecule has 0 spiro atoms. The highest BCUT2D eigenvalue weighted by Gasteiger charge is 2.21. The molecule has 0 unspecified atom stereocenters. The van der Waals surface area contributed by atoms with Gasteiger partial charge in [-0.05, 0) is 6.42 Å². The van der Waals surface area contributed by atoms with E-state index in [-0.39, 0.29) is 11.3 Å². The molecule has 0 aromatic carbocycles. The molecule has 154 valence electrons. The average Bonchev–Trinajstić information content (AvgIpc) is 3.06. The molecule has 4 heteroatoms. The van der Waals surface area contributed by atoms with E-state index in [0.29, 0.717) is 13.2 Å². The second kappa shape index (κ2) is 18.0. The van der Waals surface area contributed by atoms with Gasteiger partial charge in [-0.3, -0.25) is 0 Å². The molecule has 0 N–H and O–H groups in total. The van der Waals surface area contributed by atoms with Crippen molar-refractivity contribution in [3.63, 3.8) is 0 Å². The Morgan fingerprint density at radius 3 is 1.65 bits per heavy atom. The van der Waals surface area contributed by atoms with Crippen LogP contribution in [0.2, 0.25) is 0 Å². The van der Waals surface area contributed by atoms with Gasteiger partial charge in [0.15, 0.2) is 6.10 Å². The van der Waals surface area contributed by atoms with Crippen LogP contribution in [0, 0.1) is 0 Å². The fourth-order valence-corrected chi connectivity index (χ4v) is 3.62. The fourth-order valence-electron chi connectivity index (χ4n) is 3.41. The van der Waals surface area contributed by atoms with Crippen LogP contribution in [0.4, 0.5) is 0 Å². The lowest BCUT2D eigenvalue weighted by atomic mass is 10.0. The zero-order valence-electron chi connectivity index (χ0n) is 17.1. The highest BCUT2D eigenvalue weighted by Crippen LogP contribution is 2.14. The molecule has 0 aliphatic carbocycles. The fraction of sp³-hybridized carbons (Fsp3) is 0.955. The van der Waals surface area contributed by atoms with Crippen LogP contribution in [0.3, 0.4) is 0 Å². The summed E-state index contributed by atoms with van der Waals surface area (Å²) in [5.74, 6) is 0. The van der Waals surface area contributed by atoms with Gasteiger partial charge in [-0.2, -0.15) is 0 Å². The van der Waals surface area contributed by atoms with E-state index in [1.165, 1.54) is 96.3 Å². The standard InChI is InChI=1S/C22H42O3S/c1-2-3-4-5-6-7-8-9-10-11-12-13-14-15-16-17-18-23-19-21-20-24-22(26)25-21/h21H,2-20H2,1H3/t21-/m0/s1. The summed E-state index contributed by atoms with van der Waals surface area (Å²) in [6.45, 7) is 4.25. The van der Waals surface area contributed by atoms with Crippen LogP contribution in [-0.2, 0) is 14.2 Å². The predicted molar refractivity (Wildman–Crippen MR) is 114 cm³/mol. The Bertz CT molecular complexity index is 323. The van der Waals surface area contributed by atoms with Gasteiger partial charge in [0, 0.05) is 18.8 Å². The Morgan fingerprint density at radius 1 is 0.769 bits per heavy atom. The van der Waals surface area contributed by atoms with E-state index in [4.69, 9.17) is 26.4 Å². The molecule has 0 aromatic heterocycles. The summed E-state index contributed by atoms with van der Waals surface area (Å²) < 4.78 is 16.0. The minimum Gasteiger partial charge on any atom is -0.453 e. The summed E-state index contributed by atoms with van der Waals surface area (Å²) in [6.07, 6.45) is 22.4. The largest absolute Gasteiger partial charge is 0.453 e. The van der Waals surface area contributed by atoms with Crippen molar-refractivity contribution in [2.45, 2.75) is 116 Å². The molecule has 1 saturated heterocycles. The number of rotatable bonds is 19. The number of unbranched alkanes of at least 4 members (excludes halogenated alkanes) is 15. The third kappa shape index (κ3) is 14.8. The Morgan fingerprint density at radius 2 is 1.23 bits per heavy atom. The first kappa shape index (κ1) is 23.7. The molecule has 0 aromatic rings. The topological polar surface area (TPSA) is 27.7 Å². The van der Waals surface area contributed by atoms with Crippen molar-refractivity contribution in [2.24, 2.45) is 0 Å². The lowest BCUT2D eigenvalue weighted by Crippen LogP contribution is -2.18. The average molecular weight is 387 g/mol. The first-order valence-electron chi connectivity index (χ1n) is 11.2. The van der Waals surface area contributed by atoms with Crippen LogP contribution in [0.5, 0.6) is 0 Å². The zero-order valence-corrected chi connectivity index (χ0v) is 18.0. The number of hydrogen-bond acceptors (Lipinski definition) is 4.